The molecule has 0 bridgehead atoms. The van der Waals surface area contributed by atoms with Crippen molar-refractivity contribution in [2.45, 2.75) is 25.7 Å². The van der Waals surface area contributed by atoms with Crippen LogP contribution in [0.1, 0.15) is 36.1 Å². The average molecular weight is 652 g/mol. The van der Waals surface area contributed by atoms with Crippen LogP contribution in [0, 0.1) is 0 Å². The van der Waals surface area contributed by atoms with Crippen LogP contribution in [0.25, 0.3) is 55.3 Å². The molecule has 51 heavy (non-hydrogen) atoms. The summed E-state index contributed by atoms with van der Waals surface area (Å²) in [5.74, 6) is 0. The minimum atomic E-state index is -0.0455. The summed E-state index contributed by atoms with van der Waals surface area (Å²) in [7, 11) is 0. The molecule has 0 saturated heterocycles. The third kappa shape index (κ3) is 4.62. The molecule has 0 fully saturated rings. The van der Waals surface area contributed by atoms with Gasteiger partial charge in [0.25, 0.3) is 0 Å². The molecule has 2 aliphatic carbocycles. The first kappa shape index (κ1) is 29.7. The van der Waals surface area contributed by atoms with Gasteiger partial charge in [0.2, 0.25) is 0 Å². The molecule has 2 aliphatic rings. The summed E-state index contributed by atoms with van der Waals surface area (Å²) < 4.78 is 0. The zero-order valence-corrected chi connectivity index (χ0v) is 28.9. The van der Waals surface area contributed by atoms with Crippen LogP contribution in [0.15, 0.2) is 176 Å². The quantitative estimate of drug-likeness (QED) is 0.179. The first-order valence-corrected chi connectivity index (χ1v) is 18.0. The molecule has 8 aromatic rings. The Hall–Kier alpha value is -6.18. The molecular formula is C50H37N. The third-order valence-corrected chi connectivity index (χ3v) is 11.3. The van der Waals surface area contributed by atoms with Gasteiger partial charge < -0.3 is 4.90 Å². The minimum absolute atomic E-state index is 0.0455. The van der Waals surface area contributed by atoms with E-state index in [-0.39, 0.29) is 5.41 Å². The number of rotatable bonds is 5. The van der Waals surface area contributed by atoms with Crippen molar-refractivity contribution in [3.63, 3.8) is 0 Å². The lowest BCUT2D eigenvalue weighted by molar-refractivity contribution is 0.660. The molecule has 0 N–H and O–H groups in total. The van der Waals surface area contributed by atoms with Crippen LogP contribution in [0.3, 0.4) is 0 Å². The monoisotopic (exact) mass is 651 g/mol. The lowest BCUT2D eigenvalue weighted by Crippen LogP contribution is -2.14. The number of anilines is 3. The topological polar surface area (TPSA) is 3.24 Å². The van der Waals surface area contributed by atoms with E-state index in [2.05, 4.69) is 195 Å². The van der Waals surface area contributed by atoms with Crippen molar-refractivity contribution in [3.05, 3.63) is 198 Å². The summed E-state index contributed by atoms with van der Waals surface area (Å²) >= 11 is 0. The molecule has 10 rings (SSSR count). The average Bonchev–Trinajstić information content (AvgIpc) is 3.68. The Labute approximate surface area is 300 Å². The molecule has 0 radical (unpaired) electrons. The Kier molecular flexibility index (Phi) is 6.66. The largest absolute Gasteiger partial charge is 0.310 e. The van der Waals surface area contributed by atoms with Gasteiger partial charge in [-0.3, -0.25) is 0 Å². The van der Waals surface area contributed by atoms with Gasteiger partial charge >= 0.3 is 0 Å². The zero-order valence-electron chi connectivity index (χ0n) is 28.9. The van der Waals surface area contributed by atoms with Gasteiger partial charge in [-0.2, -0.15) is 0 Å². The highest BCUT2D eigenvalue weighted by atomic mass is 15.1. The molecule has 8 aromatic carbocycles. The van der Waals surface area contributed by atoms with E-state index >= 15 is 0 Å². The van der Waals surface area contributed by atoms with Crippen molar-refractivity contribution in [3.8, 4) is 44.5 Å². The van der Waals surface area contributed by atoms with Crippen molar-refractivity contribution in [2.24, 2.45) is 0 Å². The molecule has 1 heteroatoms. The third-order valence-electron chi connectivity index (χ3n) is 11.3. The number of nitrogens with zero attached hydrogens (tertiary/aromatic N) is 1. The normalized spacial score (nSPS) is 13.4. The molecule has 0 atom stereocenters. The van der Waals surface area contributed by atoms with E-state index in [1.165, 1.54) is 83.2 Å². The van der Waals surface area contributed by atoms with Crippen LogP contribution < -0.4 is 4.90 Å². The molecule has 1 nitrogen and oxygen atoms in total. The number of hydrogen-bond donors (Lipinski definition) is 0. The van der Waals surface area contributed by atoms with E-state index in [1.807, 2.05) is 0 Å². The number of hydrogen-bond acceptors (Lipinski definition) is 1. The fourth-order valence-electron chi connectivity index (χ4n) is 8.81. The Morgan fingerprint density at radius 3 is 1.80 bits per heavy atom. The van der Waals surface area contributed by atoms with Crippen molar-refractivity contribution in [1.29, 1.82) is 0 Å². The zero-order chi connectivity index (χ0) is 34.1. The fraction of sp³-hybridized carbons (Fsp3) is 0.0800. The second kappa shape index (κ2) is 11.4. The molecule has 0 saturated carbocycles. The predicted molar refractivity (Wildman–Crippen MR) is 215 cm³/mol. The van der Waals surface area contributed by atoms with Gasteiger partial charge in [-0.15, -0.1) is 0 Å². The van der Waals surface area contributed by atoms with E-state index in [0.29, 0.717) is 0 Å². The van der Waals surface area contributed by atoms with Gasteiger partial charge in [0.15, 0.2) is 0 Å². The number of fused-ring (bicyclic) bond motifs is 8. The van der Waals surface area contributed by atoms with Gasteiger partial charge in [-0.1, -0.05) is 147 Å². The van der Waals surface area contributed by atoms with Crippen LogP contribution in [0.4, 0.5) is 17.1 Å². The van der Waals surface area contributed by atoms with E-state index < -0.39 is 0 Å². The molecule has 0 spiro atoms. The van der Waals surface area contributed by atoms with Crippen LogP contribution >= 0.6 is 0 Å². The lowest BCUT2D eigenvalue weighted by atomic mass is 9.81. The molecule has 242 valence electrons. The van der Waals surface area contributed by atoms with E-state index in [1.54, 1.807) is 0 Å². The predicted octanol–water partition coefficient (Wildman–Crippen LogP) is 13.5. The smallest absolute Gasteiger partial charge is 0.0503 e. The number of benzene rings is 8. The maximum absolute atomic E-state index is 2.48. The van der Waals surface area contributed by atoms with Gasteiger partial charge in [0.05, 0.1) is 5.69 Å². The highest BCUT2D eigenvalue weighted by Crippen LogP contribution is 2.52. The van der Waals surface area contributed by atoms with E-state index in [9.17, 15) is 0 Å². The molecule has 0 aromatic heterocycles. The van der Waals surface area contributed by atoms with Crippen LogP contribution in [0.5, 0.6) is 0 Å². The molecule has 0 unspecified atom stereocenters. The Bertz CT molecular complexity index is 2610. The van der Waals surface area contributed by atoms with Crippen LogP contribution in [-0.2, 0) is 11.8 Å². The Balaban J connectivity index is 1.12. The van der Waals surface area contributed by atoms with Crippen molar-refractivity contribution < 1.29 is 0 Å². The molecular weight excluding hydrogens is 615 g/mol. The van der Waals surface area contributed by atoms with Gasteiger partial charge in [-0.05, 0) is 120 Å². The molecule has 0 amide bonds. The maximum Gasteiger partial charge on any atom is 0.0503 e. The van der Waals surface area contributed by atoms with Gasteiger partial charge in [-0.25, -0.2) is 0 Å². The maximum atomic E-state index is 2.48. The molecule has 0 aliphatic heterocycles. The van der Waals surface area contributed by atoms with E-state index in [0.717, 1.165) is 17.8 Å². The summed E-state index contributed by atoms with van der Waals surface area (Å²) in [4.78, 5) is 2.43. The van der Waals surface area contributed by atoms with Crippen LogP contribution in [-0.4, -0.2) is 0 Å². The SMILES string of the molecule is CC1(C)c2ccccc2-c2ccc(-c3cc4c(c5ccccc35)Cc3c-4cccc3N(c3ccccc3)c3ccc(-c4ccccc4)cc3)cc21. The summed E-state index contributed by atoms with van der Waals surface area (Å²) in [6.07, 6.45) is 0.888. The Morgan fingerprint density at radius 2 is 1.00 bits per heavy atom. The molecule has 0 heterocycles. The minimum Gasteiger partial charge on any atom is -0.310 e. The summed E-state index contributed by atoms with van der Waals surface area (Å²) in [6, 6.07) is 64.9. The lowest BCUT2D eigenvalue weighted by Gasteiger charge is -2.28. The van der Waals surface area contributed by atoms with E-state index in [4.69, 9.17) is 0 Å². The number of para-hydroxylation sites is 1. The first-order chi connectivity index (χ1) is 25.1. The summed E-state index contributed by atoms with van der Waals surface area (Å²) in [5, 5.41) is 2.66. The Morgan fingerprint density at radius 1 is 0.392 bits per heavy atom. The highest BCUT2D eigenvalue weighted by molar-refractivity contribution is 6.06. The van der Waals surface area contributed by atoms with Gasteiger partial charge in [0.1, 0.15) is 0 Å². The van der Waals surface area contributed by atoms with Crippen LogP contribution in [0.2, 0.25) is 0 Å². The van der Waals surface area contributed by atoms with Gasteiger partial charge in [0, 0.05) is 23.2 Å². The summed E-state index contributed by atoms with van der Waals surface area (Å²) in [5.41, 5.74) is 19.5. The second-order valence-electron chi connectivity index (χ2n) is 14.5. The van der Waals surface area contributed by atoms with Crippen molar-refractivity contribution in [1.82, 2.24) is 0 Å². The second-order valence-corrected chi connectivity index (χ2v) is 14.5. The summed E-state index contributed by atoms with van der Waals surface area (Å²) in [6.45, 7) is 4.74. The van der Waals surface area contributed by atoms with Crippen molar-refractivity contribution >= 4 is 27.8 Å². The fourth-order valence-corrected chi connectivity index (χ4v) is 8.81. The standard InChI is InChI=1S/C50H37N/c1-50(2)47-22-12-11-20-41(47)42-29-26-35(30-48(42)50)43-31-44-40-21-13-23-49(46(40)32-45(44)39-19-10-9-18-38(39)43)51(36-16-7-4-8-17-36)37-27-24-34(25-28-37)33-14-5-3-6-15-33/h3-31H,32H2,1-2H3. The van der Waals surface area contributed by atoms with Crippen molar-refractivity contribution in [2.75, 3.05) is 4.90 Å². The highest BCUT2D eigenvalue weighted by Gasteiger charge is 2.35. The first-order valence-electron chi connectivity index (χ1n) is 18.0.